The number of furan rings is 1. The summed E-state index contributed by atoms with van der Waals surface area (Å²) >= 11 is 0. The lowest BCUT2D eigenvalue weighted by Crippen LogP contribution is -2.54. The summed E-state index contributed by atoms with van der Waals surface area (Å²) in [6.07, 6.45) is 0.171. The predicted octanol–water partition coefficient (Wildman–Crippen LogP) is 2.41. The fourth-order valence-electron chi connectivity index (χ4n) is 3.86. The molecule has 1 saturated heterocycles. The number of fused-ring (bicyclic) bond motifs is 2. The van der Waals surface area contributed by atoms with Gasteiger partial charge in [0.2, 0.25) is 11.8 Å². The van der Waals surface area contributed by atoms with Crippen molar-refractivity contribution in [3.05, 3.63) is 65.4 Å². The summed E-state index contributed by atoms with van der Waals surface area (Å²) in [5, 5.41) is 3.12. The van der Waals surface area contributed by atoms with E-state index in [1.165, 1.54) is 6.07 Å². The molecule has 5 rings (SSSR count). The van der Waals surface area contributed by atoms with Crippen LogP contribution in [0.2, 0.25) is 0 Å². The zero-order chi connectivity index (χ0) is 20.8. The maximum Gasteiger partial charge on any atom is 0.266 e. The van der Waals surface area contributed by atoms with Crippen LogP contribution in [0.15, 0.2) is 52.9 Å². The number of piperidine rings is 1. The van der Waals surface area contributed by atoms with Crippen molar-refractivity contribution in [2.24, 2.45) is 0 Å². The Hall–Kier alpha value is -3.94. The summed E-state index contributed by atoms with van der Waals surface area (Å²) in [5.41, 5.74) is 1.01. The molecule has 0 aliphatic carbocycles. The summed E-state index contributed by atoms with van der Waals surface area (Å²) in [4.78, 5) is 50.4. The van der Waals surface area contributed by atoms with Gasteiger partial charge in [0.1, 0.15) is 29.7 Å². The molecule has 8 heteroatoms. The Morgan fingerprint density at radius 3 is 2.67 bits per heavy atom. The van der Waals surface area contributed by atoms with Crippen molar-refractivity contribution >= 4 is 34.6 Å². The molecule has 0 spiro atoms. The molecule has 2 aliphatic rings. The van der Waals surface area contributed by atoms with Gasteiger partial charge in [0.25, 0.3) is 11.8 Å². The summed E-state index contributed by atoms with van der Waals surface area (Å²) in [7, 11) is 0. The Bertz CT molecular complexity index is 1190. The molecule has 1 atom stereocenters. The molecule has 1 aromatic heterocycles. The van der Waals surface area contributed by atoms with Gasteiger partial charge in [-0.05, 0) is 30.7 Å². The van der Waals surface area contributed by atoms with Crippen LogP contribution in [-0.2, 0) is 16.2 Å². The largest absolute Gasteiger partial charge is 0.485 e. The summed E-state index contributed by atoms with van der Waals surface area (Å²) in [5.74, 6) is -1.43. The Morgan fingerprint density at radius 1 is 1.03 bits per heavy atom. The smallest absolute Gasteiger partial charge is 0.266 e. The second-order valence-corrected chi connectivity index (χ2v) is 7.17. The minimum Gasteiger partial charge on any atom is -0.485 e. The van der Waals surface area contributed by atoms with Gasteiger partial charge >= 0.3 is 0 Å². The highest BCUT2D eigenvalue weighted by Gasteiger charge is 2.46. The number of ether oxygens (including phenoxy) is 1. The van der Waals surface area contributed by atoms with E-state index in [0.29, 0.717) is 5.76 Å². The van der Waals surface area contributed by atoms with Crippen LogP contribution in [0.3, 0.4) is 0 Å². The van der Waals surface area contributed by atoms with Crippen LogP contribution in [0.5, 0.6) is 5.75 Å². The molecule has 1 unspecified atom stereocenters. The van der Waals surface area contributed by atoms with E-state index in [1.54, 1.807) is 12.1 Å². The quantitative estimate of drug-likeness (QED) is 0.670. The van der Waals surface area contributed by atoms with Gasteiger partial charge in [0.15, 0.2) is 0 Å². The van der Waals surface area contributed by atoms with Gasteiger partial charge in [-0.1, -0.05) is 24.3 Å². The lowest BCUT2D eigenvalue weighted by Gasteiger charge is -2.27. The third-order valence-electron chi connectivity index (χ3n) is 5.28. The lowest BCUT2D eigenvalue weighted by molar-refractivity contribution is -0.136. The molecule has 3 heterocycles. The van der Waals surface area contributed by atoms with Crippen LogP contribution >= 0.6 is 0 Å². The van der Waals surface area contributed by atoms with Crippen molar-refractivity contribution in [2.45, 2.75) is 25.5 Å². The van der Waals surface area contributed by atoms with Crippen LogP contribution in [0.25, 0.3) is 11.0 Å². The van der Waals surface area contributed by atoms with Crippen molar-refractivity contribution < 1.29 is 28.3 Å². The molecule has 4 amide bonds. The number of carbonyl (C=O) groups is 4. The van der Waals surface area contributed by atoms with Crippen molar-refractivity contribution in [3.63, 3.8) is 0 Å². The third kappa shape index (κ3) is 2.85. The second kappa shape index (κ2) is 6.84. The van der Waals surface area contributed by atoms with Gasteiger partial charge in [-0.3, -0.25) is 29.4 Å². The Kier molecular flexibility index (Phi) is 4.13. The molecule has 150 valence electrons. The van der Waals surface area contributed by atoms with Crippen LogP contribution < -0.4 is 10.1 Å². The third-order valence-corrected chi connectivity index (χ3v) is 5.28. The maximum atomic E-state index is 13.0. The standard InChI is InChI=1S/C22H16N2O6/c25-18-9-8-15(20(26)23-18)24-21(27)14-5-3-7-17(19(14)22(24)28)29-11-13-10-12-4-1-2-6-16(12)30-13/h1-7,10,15H,8-9,11H2,(H,23,25,26). The fourth-order valence-corrected chi connectivity index (χ4v) is 3.86. The minimum atomic E-state index is -1.02. The highest BCUT2D eigenvalue weighted by Crippen LogP contribution is 2.34. The first-order valence-corrected chi connectivity index (χ1v) is 9.48. The average Bonchev–Trinajstić information content (AvgIpc) is 3.26. The highest BCUT2D eigenvalue weighted by atomic mass is 16.5. The molecule has 30 heavy (non-hydrogen) atoms. The molecule has 0 bridgehead atoms. The number of imide groups is 2. The summed E-state index contributed by atoms with van der Waals surface area (Å²) in [6.45, 7) is 0.0744. The second-order valence-electron chi connectivity index (χ2n) is 7.17. The van der Waals surface area contributed by atoms with E-state index < -0.39 is 29.7 Å². The fraction of sp³-hybridized carbons (Fsp3) is 0.182. The topological polar surface area (TPSA) is 106 Å². The number of hydrogen-bond donors (Lipinski definition) is 1. The van der Waals surface area contributed by atoms with Crippen LogP contribution in [0.4, 0.5) is 0 Å². The maximum absolute atomic E-state index is 13.0. The van der Waals surface area contributed by atoms with E-state index in [1.807, 2.05) is 30.3 Å². The molecule has 0 saturated carbocycles. The van der Waals surface area contributed by atoms with Gasteiger partial charge in [-0.25, -0.2) is 0 Å². The molecule has 1 fully saturated rings. The summed E-state index contributed by atoms with van der Waals surface area (Å²) < 4.78 is 11.5. The Balaban J connectivity index is 1.41. The molecule has 2 aliphatic heterocycles. The van der Waals surface area contributed by atoms with Crippen LogP contribution in [-0.4, -0.2) is 34.6 Å². The Labute approximate surface area is 170 Å². The number of amides is 4. The van der Waals surface area contributed by atoms with E-state index in [4.69, 9.17) is 9.15 Å². The zero-order valence-corrected chi connectivity index (χ0v) is 15.7. The number of nitrogens with zero attached hydrogens (tertiary/aromatic N) is 1. The van der Waals surface area contributed by atoms with E-state index in [9.17, 15) is 19.2 Å². The number of benzene rings is 2. The zero-order valence-electron chi connectivity index (χ0n) is 15.7. The van der Waals surface area contributed by atoms with Gasteiger partial charge < -0.3 is 9.15 Å². The lowest BCUT2D eigenvalue weighted by atomic mass is 10.0. The van der Waals surface area contributed by atoms with Crippen molar-refractivity contribution in [3.8, 4) is 5.75 Å². The molecule has 3 aromatic rings. The Morgan fingerprint density at radius 2 is 1.87 bits per heavy atom. The first-order chi connectivity index (χ1) is 14.5. The first kappa shape index (κ1) is 18.1. The molecule has 0 radical (unpaired) electrons. The number of carbonyl (C=O) groups excluding carboxylic acids is 4. The first-order valence-electron chi connectivity index (χ1n) is 9.48. The minimum absolute atomic E-state index is 0.0687. The number of rotatable bonds is 4. The predicted molar refractivity (Wildman–Crippen MR) is 104 cm³/mol. The van der Waals surface area contributed by atoms with E-state index in [2.05, 4.69) is 5.32 Å². The SMILES string of the molecule is O=C1CCC(N2C(=O)c3cccc(OCc4cc5ccccc5o4)c3C2=O)C(=O)N1. The van der Waals surface area contributed by atoms with Crippen molar-refractivity contribution in [1.82, 2.24) is 10.2 Å². The van der Waals surface area contributed by atoms with E-state index in [0.717, 1.165) is 15.9 Å². The number of nitrogens with one attached hydrogen (secondary N) is 1. The molecular formula is C22H16N2O6. The number of hydrogen-bond acceptors (Lipinski definition) is 6. The molecular weight excluding hydrogens is 388 g/mol. The molecule has 1 N–H and O–H groups in total. The normalized spacial score (nSPS) is 18.7. The molecule has 2 aromatic carbocycles. The van der Waals surface area contributed by atoms with Gasteiger partial charge in [-0.15, -0.1) is 0 Å². The monoisotopic (exact) mass is 404 g/mol. The van der Waals surface area contributed by atoms with Gasteiger partial charge in [-0.2, -0.15) is 0 Å². The van der Waals surface area contributed by atoms with Gasteiger partial charge in [0.05, 0.1) is 11.1 Å². The van der Waals surface area contributed by atoms with Crippen molar-refractivity contribution in [1.29, 1.82) is 0 Å². The summed E-state index contributed by atoms with van der Waals surface area (Å²) in [6, 6.07) is 13.1. The average molecular weight is 404 g/mol. The van der Waals surface area contributed by atoms with Crippen LogP contribution in [0.1, 0.15) is 39.3 Å². The van der Waals surface area contributed by atoms with Crippen molar-refractivity contribution in [2.75, 3.05) is 0 Å². The van der Waals surface area contributed by atoms with E-state index in [-0.39, 0.29) is 36.3 Å². The van der Waals surface area contributed by atoms with Gasteiger partial charge in [0, 0.05) is 11.8 Å². The molecule has 8 nitrogen and oxygen atoms in total. The highest BCUT2D eigenvalue weighted by molar-refractivity contribution is 6.24. The number of para-hydroxylation sites is 1. The van der Waals surface area contributed by atoms with E-state index >= 15 is 0 Å². The van der Waals surface area contributed by atoms with Crippen LogP contribution in [0, 0.1) is 0 Å².